The average Bonchev–Trinajstić information content (AvgIpc) is 2.40. The molecule has 2 nitrogen and oxygen atoms in total. The largest absolute Gasteiger partial charge is 0.368 e. The Hall–Kier alpha value is -2.27. The van der Waals surface area contributed by atoms with E-state index >= 15 is 0 Å². The standard InChI is InChI=1S/C16H16N2/c1-16(2,12-17)18-15-10-8-14(9-11-15)13-6-4-3-5-7-13/h3-11,18H,1-2H3. The summed E-state index contributed by atoms with van der Waals surface area (Å²) in [5.74, 6) is 0. The average molecular weight is 236 g/mol. The van der Waals surface area contributed by atoms with Gasteiger partial charge < -0.3 is 5.32 Å². The van der Waals surface area contributed by atoms with Crippen molar-refractivity contribution in [2.45, 2.75) is 19.4 Å². The first-order valence-corrected chi connectivity index (χ1v) is 5.96. The van der Waals surface area contributed by atoms with Crippen LogP contribution in [0.1, 0.15) is 13.8 Å². The van der Waals surface area contributed by atoms with Gasteiger partial charge >= 0.3 is 0 Å². The summed E-state index contributed by atoms with van der Waals surface area (Å²) < 4.78 is 0. The zero-order chi connectivity index (χ0) is 13.0. The lowest BCUT2D eigenvalue weighted by Gasteiger charge is -2.19. The molecule has 0 aromatic heterocycles. The predicted molar refractivity (Wildman–Crippen MR) is 75.2 cm³/mol. The van der Waals surface area contributed by atoms with Crippen molar-refractivity contribution in [2.75, 3.05) is 5.32 Å². The Morgan fingerprint density at radius 1 is 0.889 bits per heavy atom. The van der Waals surface area contributed by atoms with Gasteiger partial charge in [0.2, 0.25) is 0 Å². The molecule has 2 rings (SSSR count). The zero-order valence-electron chi connectivity index (χ0n) is 10.6. The zero-order valence-corrected chi connectivity index (χ0v) is 10.6. The van der Waals surface area contributed by atoms with Crippen molar-refractivity contribution >= 4 is 5.69 Å². The Morgan fingerprint density at radius 2 is 1.44 bits per heavy atom. The molecule has 0 saturated carbocycles. The lowest BCUT2D eigenvalue weighted by Crippen LogP contribution is -2.28. The summed E-state index contributed by atoms with van der Waals surface area (Å²) in [5, 5.41) is 12.2. The van der Waals surface area contributed by atoms with Crippen LogP contribution in [0.2, 0.25) is 0 Å². The van der Waals surface area contributed by atoms with Gasteiger partial charge in [-0.3, -0.25) is 0 Å². The van der Waals surface area contributed by atoms with Crippen LogP contribution in [0.25, 0.3) is 11.1 Å². The fourth-order valence-electron chi connectivity index (χ4n) is 1.77. The van der Waals surface area contributed by atoms with E-state index in [-0.39, 0.29) is 0 Å². The fourth-order valence-corrected chi connectivity index (χ4v) is 1.77. The highest BCUT2D eigenvalue weighted by molar-refractivity contribution is 5.66. The van der Waals surface area contributed by atoms with Crippen LogP contribution < -0.4 is 5.32 Å². The maximum atomic E-state index is 8.98. The van der Waals surface area contributed by atoms with E-state index in [9.17, 15) is 0 Å². The SMILES string of the molecule is CC(C)(C#N)Nc1ccc(-c2ccccc2)cc1. The molecule has 0 aliphatic carbocycles. The minimum Gasteiger partial charge on any atom is -0.368 e. The molecule has 2 aromatic rings. The summed E-state index contributed by atoms with van der Waals surface area (Å²) in [7, 11) is 0. The molecule has 0 heterocycles. The highest BCUT2D eigenvalue weighted by atomic mass is 15.0. The summed E-state index contributed by atoms with van der Waals surface area (Å²) in [4.78, 5) is 0. The first-order valence-electron chi connectivity index (χ1n) is 5.96. The van der Waals surface area contributed by atoms with Crippen molar-refractivity contribution in [2.24, 2.45) is 0 Å². The van der Waals surface area contributed by atoms with Crippen LogP contribution in [0.3, 0.4) is 0 Å². The Labute approximate surface area is 108 Å². The second-order valence-electron chi connectivity index (χ2n) is 4.81. The van der Waals surface area contributed by atoms with Crippen LogP contribution in [0, 0.1) is 11.3 Å². The van der Waals surface area contributed by atoms with Crippen molar-refractivity contribution in [1.82, 2.24) is 0 Å². The molecule has 0 spiro atoms. The maximum absolute atomic E-state index is 8.98. The van der Waals surface area contributed by atoms with Crippen molar-refractivity contribution in [3.05, 3.63) is 54.6 Å². The smallest absolute Gasteiger partial charge is 0.119 e. The number of rotatable bonds is 3. The van der Waals surface area contributed by atoms with Gasteiger partial charge in [-0.05, 0) is 37.1 Å². The first-order chi connectivity index (χ1) is 8.61. The predicted octanol–water partition coefficient (Wildman–Crippen LogP) is 4.07. The molecular formula is C16H16N2. The van der Waals surface area contributed by atoms with Gasteiger partial charge in [0.25, 0.3) is 0 Å². The Kier molecular flexibility index (Phi) is 3.34. The number of nitrogens with one attached hydrogen (secondary N) is 1. The van der Waals surface area contributed by atoms with E-state index in [1.807, 2.05) is 44.2 Å². The third-order valence-electron chi connectivity index (χ3n) is 2.73. The van der Waals surface area contributed by atoms with E-state index in [0.29, 0.717) is 0 Å². The monoisotopic (exact) mass is 236 g/mol. The van der Waals surface area contributed by atoms with Crippen LogP contribution in [-0.2, 0) is 0 Å². The van der Waals surface area contributed by atoms with E-state index in [0.717, 1.165) is 5.69 Å². The number of nitriles is 1. The van der Waals surface area contributed by atoms with Crippen LogP contribution >= 0.6 is 0 Å². The third kappa shape index (κ3) is 2.89. The van der Waals surface area contributed by atoms with Gasteiger partial charge in [-0.2, -0.15) is 5.26 Å². The summed E-state index contributed by atoms with van der Waals surface area (Å²) in [6, 6.07) is 20.6. The van der Waals surface area contributed by atoms with Gasteiger partial charge in [0.1, 0.15) is 5.54 Å². The van der Waals surface area contributed by atoms with Gasteiger partial charge in [-0.15, -0.1) is 0 Å². The minimum absolute atomic E-state index is 0.547. The molecule has 2 heteroatoms. The number of nitrogens with zero attached hydrogens (tertiary/aromatic N) is 1. The lowest BCUT2D eigenvalue weighted by atomic mass is 10.0. The molecule has 0 amide bonds. The van der Waals surface area contributed by atoms with Crippen LogP contribution in [0.4, 0.5) is 5.69 Å². The van der Waals surface area contributed by atoms with E-state index in [1.54, 1.807) is 0 Å². The van der Waals surface area contributed by atoms with Gasteiger partial charge in [0, 0.05) is 5.69 Å². The third-order valence-corrected chi connectivity index (χ3v) is 2.73. The Bertz CT molecular complexity index is 548. The molecule has 2 aromatic carbocycles. The molecule has 0 unspecified atom stereocenters. The molecular weight excluding hydrogens is 220 g/mol. The molecule has 0 radical (unpaired) electrons. The maximum Gasteiger partial charge on any atom is 0.119 e. The van der Waals surface area contributed by atoms with Crippen molar-refractivity contribution in [1.29, 1.82) is 5.26 Å². The number of hydrogen-bond donors (Lipinski definition) is 1. The Balaban J connectivity index is 2.19. The van der Waals surface area contributed by atoms with E-state index in [1.165, 1.54) is 11.1 Å². The second kappa shape index (κ2) is 4.93. The molecule has 0 aliphatic heterocycles. The molecule has 1 N–H and O–H groups in total. The summed E-state index contributed by atoms with van der Waals surface area (Å²) >= 11 is 0. The first kappa shape index (κ1) is 12.2. The van der Waals surface area contributed by atoms with Crippen LogP contribution in [-0.4, -0.2) is 5.54 Å². The van der Waals surface area contributed by atoms with Gasteiger partial charge in [0.05, 0.1) is 6.07 Å². The minimum atomic E-state index is -0.547. The van der Waals surface area contributed by atoms with E-state index in [4.69, 9.17) is 5.26 Å². The second-order valence-corrected chi connectivity index (χ2v) is 4.81. The number of benzene rings is 2. The molecule has 0 aliphatic rings. The summed E-state index contributed by atoms with van der Waals surface area (Å²) in [6.07, 6.45) is 0. The molecule has 90 valence electrons. The van der Waals surface area contributed by atoms with Gasteiger partial charge in [-0.25, -0.2) is 0 Å². The normalized spacial score (nSPS) is 10.7. The molecule has 0 fully saturated rings. The Morgan fingerprint density at radius 3 is 2.00 bits per heavy atom. The van der Waals surface area contributed by atoms with Crippen molar-refractivity contribution in [3.63, 3.8) is 0 Å². The lowest BCUT2D eigenvalue weighted by molar-refractivity contribution is 0.729. The number of anilines is 1. The van der Waals surface area contributed by atoms with E-state index < -0.39 is 5.54 Å². The van der Waals surface area contributed by atoms with E-state index in [2.05, 4.69) is 35.7 Å². The van der Waals surface area contributed by atoms with Crippen LogP contribution in [0.5, 0.6) is 0 Å². The highest BCUT2D eigenvalue weighted by Gasteiger charge is 2.15. The quantitative estimate of drug-likeness (QED) is 0.872. The molecule has 18 heavy (non-hydrogen) atoms. The fraction of sp³-hybridized carbons (Fsp3) is 0.188. The topological polar surface area (TPSA) is 35.8 Å². The van der Waals surface area contributed by atoms with Crippen molar-refractivity contribution < 1.29 is 0 Å². The summed E-state index contributed by atoms with van der Waals surface area (Å²) in [5.41, 5.74) is 2.79. The molecule has 0 bridgehead atoms. The van der Waals surface area contributed by atoms with Crippen LogP contribution in [0.15, 0.2) is 54.6 Å². The van der Waals surface area contributed by atoms with Gasteiger partial charge in [-0.1, -0.05) is 42.5 Å². The highest BCUT2D eigenvalue weighted by Crippen LogP contribution is 2.22. The number of hydrogen-bond acceptors (Lipinski definition) is 2. The molecule has 0 atom stereocenters. The molecule has 0 saturated heterocycles. The van der Waals surface area contributed by atoms with Crippen molar-refractivity contribution in [3.8, 4) is 17.2 Å². The van der Waals surface area contributed by atoms with Gasteiger partial charge in [0.15, 0.2) is 0 Å². The summed E-state index contributed by atoms with van der Waals surface area (Å²) in [6.45, 7) is 3.72.